The fourth-order valence-electron chi connectivity index (χ4n) is 4.13. The number of amides is 3. The van der Waals surface area contributed by atoms with Crippen LogP contribution in [-0.4, -0.2) is 39.6 Å². The lowest BCUT2D eigenvalue weighted by Gasteiger charge is -2.22. The Morgan fingerprint density at radius 2 is 1.81 bits per heavy atom. The van der Waals surface area contributed by atoms with Gasteiger partial charge in [-0.3, -0.25) is 19.1 Å². The van der Waals surface area contributed by atoms with Crippen molar-refractivity contribution in [2.75, 3.05) is 5.32 Å². The summed E-state index contributed by atoms with van der Waals surface area (Å²) in [5.74, 6) is -0.334. The van der Waals surface area contributed by atoms with E-state index in [0.29, 0.717) is 5.69 Å². The van der Waals surface area contributed by atoms with Crippen molar-refractivity contribution in [1.82, 2.24) is 20.4 Å². The lowest BCUT2D eigenvalue weighted by atomic mass is 9.97. The first-order valence-electron chi connectivity index (χ1n) is 9.91. The van der Waals surface area contributed by atoms with Crippen LogP contribution in [0.25, 0.3) is 0 Å². The van der Waals surface area contributed by atoms with Crippen LogP contribution in [-0.2, 0) is 20.9 Å². The summed E-state index contributed by atoms with van der Waals surface area (Å²) in [6, 6.07) is -0.254. The van der Waals surface area contributed by atoms with Gasteiger partial charge in [-0.2, -0.15) is 5.10 Å². The van der Waals surface area contributed by atoms with E-state index in [2.05, 4.69) is 21.0 Å². The van der Waals surface area contributed by atoms with Gasteiger partial charge in [-0.1, -0.05) is 25.7 Å². The van der Waals surface area contributed by atoms with E-state index in [1.807, 2.05) is 0 Å². The van der Waals surface area contributed by atoms with Crippen LogP contribution in [0.2, 0.25) is 0 Å². The molecule has 8 heteroatoms. The second-order valence-electron chi connectivity index (χ2n) is 7.69. The van der Waals surface area contributed by atoms with Gasteiger partial charge in [0.2, 0.25) is 17.7 Å². The van der Waals surface area contributed by atoms with Gasteiger partial charge in [0.25, 0.3) is 0 Å². The highest BCUT2D eigenvalue weighted by Crippen LogP contribution is 2.28. The third kappa shape index (κ3) is 5.55. The number of carbonyl (C=O) groups is 3. The van der Waals surface area contributed by atoms with Crippen LogP contribution in [0.5, 0.6) is 0 Å². The summed E-state index contributed by atoms with van der Waals surface area (Å²) in [6.07, 6.45) is 11.6. The molecule has 0 radical (unpaired) electrons. The second-order valence-corrected chi connectivity index (χ2v) is 7.69. The molecule has 0 aliphatic heterocycles. The maximum absolute atomic E-state index is 12.7. The van der Waals surface area contributed by atoms with Gasteiger partial charge in [0, 0.05) is 19.2 Å². The van der Waals surface area contributed by atoms with Crippen molar-refractivity contribution >= 4 is 23.4 Å². The van der Waals surface area contributed by atoms with Gasteiger partial charge in [0.05, 0.1) is 11.9 Å². The van der Waals surface area contributed by atoms with Crippen molar-refractivity contribution in [2.45, 2.75) is 76.9 Å². The fourth-order valence-corrected chi connectivity index (χ4v) is 4.13. The highest BCUT2D eigenvalue weighted by Gasteiger charge is 2.31. The third-order valence-corrected chi connectivity index (χ3v) is 5.44. The highest BCUT2D eigenvalue weighted by atomic mass is 16.2. The lowest BCUT2D eigenvalue weighted by Crippen LogP contribution is -2.47. The predicted molar refractivity (Wildman–Crippen MR) is 101 cm³/mol. The van der Waals surface area contributed by atoms with Gasteiger partial charge in [-0.15, -0.1) is 0 Å². The van der Waals surface area contributed by atoms with Gasteiger partial charge in [0.1, 0.15) is 12.6 Å². The maximum atomic E-state index is 12.7. The summed E-state index contributed by atoms with van der Waals surface area (Å²) in [6.45, 7) is 1.56. The van der Waals surface area contributed by atoms with E-state index in [9.17, 15) is 14.4 Å². The molecule has 2 aliphatic carbocycles. The Balaban J connectivity index is 1.54. The highest BCUT2D eigenvalue weighted by molar-refractivity contribution is 5.97. The minimum atomic E-state index is -0.529. The zero-order valence-corrected chi connectivity index (χ0v) is 15.9. The predicted octanol–water partition coefficient (Wildman–Crippen LogP) is 1.58. The van der Waals surface area contributed by atoms with Crippen LogP contribution in [0.4, 0.5) is 5.69 Å². The first-order chi connectivity index (χ1) is 13.0. The van der Waals surface area contributed by atoms with Gasteiger partial charge in [0.15, 0.2) is 0 Å². The molecule has 1 atom stereocenters. The Bertz CT molecular complexity index is 675. The van der Waals surface area contributed by atoms with Gasteiger partial charge >= 0.3 is 0 Å². The average Bonchev–Trinajstić information content (AvgIpc) is 3.35. The van der Waals surface area contributed by atoms with Crippen molar-refractivity contribution in [3.05, 3.63) is 12.4 Å². The number of rotatable bonds is 7. The quantitative estimate of drug-likeness (QED) is 0.673. The van der Waals surface area contributed by atoms with Gasteiger partial charge in [-0.25, -0.2) is 0 Å². The minimum absolute atomic E-state index is 0.0649. The molecule has 3 N–H and O–H groups in total. The van der Waals surface area contributed by atoms with Gasteiger partial charge < -0.3 is 16.0 Å². The molecular weight excluding hydrogens is 346 g/mol. The largest absolute Gasteiger partial charge is 0.352 e. The van der Waals surface area contributed by atoms with Crippen LogP contribution in [0.1, 0.15) is 58.3 Å². The first-order valence-corrected chi connectivity index (χ1v) is 9.91. The van der Waals surface area contributed by atoms with Crippen LogP contribution in [0.15, 0.2) is 12.4 Å². The minimum Gasteiger partial charge on any atom is -0.352 e. The summed E-state index contributed by atoms with van der Waals surface area (Å²) >= 11 is 0. The average molecular weight is 375 g/mol. The molecule has 2 fully saturated rings. The number of aromatic nitrogens is 2. The third-order valence-electron chi connectivity index (χ3n) is 5.44. The monoisotopic (exact) mass is 375 g/mol. The van der Waals surface area contributed by atoms with Crippen LogP contribution in [0, 0.1) is 5.92 Å². The number of anilines is 1. The van der Waals surface area contributed by atoms with Crippen LogP contribution < -0.4 is 16.0 Å². The zero-order valence-electron chi connectivity index (χ0n) is 15.9. The molecular formula is C19H29N5O3. The molecule has 0 spiro atoms. The summed E-state index contributed by atoms with van der Waals surface area (Å²) in [4.78, 5) is 36.2. The van der Waals surface area contributed by atoms with Crippen molar-refractivity contribution in [3.8, 4) is 0 Å². The molecule has 0 saturated heterocycles. The first kappa shape index (κ1) is 19.4. The van der Waals surface area contributed by atoms with E-state index in [-0.39, 0.29) is 36.2 Å². The summed E-state index contributed by atoms with van der Waals surface area (Å²) in [5, 5.41) is 12.8. The Hall–Kier alpha value is -2.38. The second kappa shape index (κ2) is 9.01. The molecule has 3 amide bonds. The molecule has 2 aliphatic rings. The molecule has 1 aromatic rings. The Kier molecular flexibility index (Phi) is 6.47. The van der Waals surface area contributed by atoms with Crippen molar-refractivity contribution in [1.29, 1.82) is 0 Å². The van der Waals surface area contributed by atoms with Crippen molar-refractivity contribution in [2.24, 2.45) is 5.92 Å². The van der Waals surface area contributed by atoms with E-state index < -0.39 is 6.04 Å². The van der Waals surface area contributed by atoms with Crippen LogP contribution >= 0.6 is 0 Å². The molecule has 148 valence electrons. The molecule has 1 aromatic heterocycles. The maximum Gasteiger partial charge on any atom is 0.247 e. The number of hydrogen-bond donors (Lipinski definition) is 3. The van der Waals surface area contributed by atoms with E-state index >= 15 is 0 Å². The van der Waals surface area contributed by atoms with E-state index in [1.165, 1.54) is 30.6 Å². The SMILES string of the molecule is CC(=O)NC(C(=O)Nc1cnn(CC(=O)NC2CCCC2)c1)C1CCCC1. The van der Waals surface area contributed by atoms with E-state index in [0.717, 1.165) is 38.5 Å². The normalized spacial score (nSPS) is 19.0. The summed E-state index contributed by atoms with van der Waals surface area (Å²) in [7, 11) is 0. The molecule has 3 rings (SSSR count). The molecule has 8 nitrogen and oxygen atoms in total. The van der Waals surface area contributed by atoms with E-state index in [4.69, 9.17) is 0 Å². The van der Waals surface area contributed by atoms with E-state index in [1.54, 1.807) is 6.20 Å². The Labute approximate surface area is 159 Å². The topological polar surface area (TPSA) is 105 Å². The zero-order chi connectivity index (χ0) is 19.2. The smallest absolute Gasteiger partial charge is 0.247 e. The number of nitrogens with zero attached hydrogens (tertiary/aromatic N) is 2. The van der Waals surface area contributed by atoms with Crippen molar-refractivity contribution in [3.63, 3.8) is 0 Å². The van der Waals surface area contributed by atoms with Gasteiger partial charge in [-0.05, 0) is 31.6 Å². The van der Waals surface area contributed by atoms with Crippen molar-refractivity contribution < 1.29 is 14.4 Å². The molecule has 0 bridgehead atoms. The summed E-state index contributed by atoms with van der Waals surface area (Å²) < 4.78 is 1.52. The number of nitrogens with one attached hydrogen (secondary N) is 3. The molecule has 0 aromatic carbocycles. The molecule has 1 heterocycles. The summed E-state index contributed by atoms with van der Waals surface area (Å²) in [5.41, 5.74) is 0.530. The molecule has 27 heavy (non-hydrogen) atoms. The lowest BCUT2D eigenvalue weighted by molar-refractivity contribution is -0.126. The Morgan fingerprint density at radius 1 is 1.15 bits per heavy atom. The molecule has 1 unspecified atom stereocenters. The number of carbonyl (C=O) groups excluding carboxylic acids is 3. The Morgan fingerprint density at radius 3 is 2.48 bits per heavy atom. The van der Waals surface area contributed by atoms with Crippen LogP contribution in [0.3, 0.4) is 0 Å². The standard InChI is InChI=1S/C19H29N5O3/c1-13(25)21-18(14-6-2-3-7-14)19(27)23-16-10-20-24(11-16)12-17(26)22-15-8-4-5-9-15/h10-11,14-15,18H,2-9,12H2,1H3,(H,21,25)(H,22,26)(H,23,27). The number of hydrogen-bond acceptors (Lipinski definition) is 4. The fraction of sp³-hybridized carbons (Fsp3) is 0.684. The molecule has 2 saturated carbocycles.